The van der Waals surface area contributed by atoms with Crippen molar-refractivity contribution in [3.05, 3.63) is 0 Å². The molecule has 0 rings (SSSR count). The summed E-state index contributed by atoms with van der Waals surface area (Å²) in [4.78, 5) is 20.5. The van der Waals surface area contributed by atoms with Crippen LogP contribution in [0.3, 0.4) is 0 Å². The smallest absolute Gasteiger partial charge is 0.303 e. The Kier molecular flexibility index (Phi) is 29.8. The van der Waals surface area contributed by atoms with Crippen LogP contribution in [0.4, 0.5) is 0 Å². The van der Waals surface area contributed by atoms with Crippen LogP contribution in [-0.2, 0) is 9.59 Å². The zero-order valence-corrected chi connectivity index (χ0v) is 20.1. The third-order valence-corrected chi connectivity index (χ3v) is 5.44. The molecule has 0 aliphatic rings. The van der Waals surface area contributed by atoms with Gasteiger partial charge in [0.2, 0.25) is 0 Å². The topological polar surface area (TPSA) is 127 Å². The maximum atomic E-state index is 10.2. The van der Waals surface area contributed by atoms with Crippen molar-refractivity contribution in [1.82, 2.24) is 0 Å². The molecule has 0 amide bonds. The van der Waals surface area contributed by atoms with E-state index in [4.69, 9.17) is 21.7 Å². The quantitative estimate of drug-likeness (QED) is 0.138. The first-order valence-electron chi connectivity index (χ1n) is 12.9. The molecule has 0 aliphatic carbocycles. The summed E-state index contributed by atoms with van der Waals surface area (Å²) in [5.74, 6) is -1.41. The minimum atomic E-state index is -0.705. The van der Waals surface area contributed by atoms with Crippen LogP contribution >= 0.6 is 0 Å². The fourth-order valence-electron chi connectivity index (χ4n) is 3.49. The monoisotopic (exact) mass is 444 g/mol. The first-order valence-corrected chi connectivity index (χ1v) is 12.9. The fraction of sp³-hybridized carbons (Fsp3) is 0.920. The summed E-state index contributed by atoms with van der Waals surface area (Å²) in [7, 11) is 0. The minimum absolute atomic E-state index is 0.287. The third-order valence-electron chi connectivity index (χ3n) is 5.44. The summed E-state index contributed by atoms with van der Waals surface area (Å²) in [6.45, 7) is 1.72. The van der Waals surface area contributed by atoms with Gasteiger partial charge in [-0.2, -0.15) is 0 Å². The lowest BCUT2D eigenvalue weighted by Crippen LogP contribution is -1.97. The van der Waals surface area contributed by atoms with Gasteiger partial charge in [-0.25, -0.2) is 0 Å². The number of unbranched alkanes of at least 4 members (excludes halogenated alkanes) is 17. The van der Waals surface area contributed by atoms with Gasteiger partial charge in [0, 0.05) is 12.8 Å². The number of aliphatic carboxylic acids is 2. The van der Waals surface area contributed by atoms with E-state index in [0.29, 0.717) is 0 Å². The van der Waals surface area contributed by atoms with Crippen molar-refractivity contribution in [2.24, 2.45) is 11.5 Å². The van der Waals surface area contributed by atoms with E-state index < -0.39 is 11.9 Å². The summed E-state index contributed by atoms with van der Waals surface area (Å²) < 4.78 is 0. The van der Waals surface area contributed by atoms with Crippen LogP contribution in [0.25, 0.3) is 0 Å². The number of nitrogens with two attached hydrogens (primary N) is 2. The second kappa shape index (κ2) is 28.9. The van der Waals surface area contributed by atoms with Gasteiger partial charge in [-0.1, -0.05) is 96.3 Å². The predicted molar refractivity (Wildman–Crippen MR) is 130 cm³/mol. The summed E-state index contributed by atoms with van der Waals surface area (Å²) in [5.41, 5.74) is 10.9. The van der Waals surface area contributed by atoms with E-state index in [1.807, 2.05) is 0 Å². The van der Waals surface area contributed by atoms with Crippen LogP contribution < -0.4 is 11.5 Å². The van der Waals surface area contributed by atoms with Gasteiger partial charge in [0.05, 0.1) is 0 Å². The second-order valence-electron chi connectivity index (χ2n) is 8.58. The maximum absolute atomic E-state index is 10.2. The molecular weight excluding hydrogens is 392 g/mol. The van der Waals surface area contributed by atoms with Crippen molar-refractivity contribution < 1.29 is 19.8 Å². The molecule has 6 nitrogen and oxygen atoms in total. The number of carbonyl (C=O) groups is 2. The van der Waals surface area contributed by atoms with Crippen LogP contribution in [0.15, 0.2) is 0 Å². The zero-order valence-electron chi connectivity index (χ0n) is 20.1. The van der Waals surface area contributed by atoms with Gasteiger partial charge >= 0.3 is 11.9 Å². The highest BCUT2D eigenvalue weighted by atomic mass is 16.4. The van der Waals surface area contributed by atoms with Crippen molar-refractivity contribution in [3.63, 3.8) is 0 Å². The summed E-state index contributed by atoms with van der Waals surface area (Å²) in [5, 5.41) is 16.9. The lowest BCUT2D eigenvalue weighted by Gasteiger charge is -2.01. The van der Waals surface area contributed by atoms with E-state index in [1.165, 1.54) is 83.5 Å². The standard InChI is InChI=1S/C13H24O4.C12H28N2/c14-12(15)10-8-6-4-2-1-3-5-7-9-11-13(16)17;13-11-9-7-5-3-1-2-4-6-8-10-12-14/h1-11H2,(H,14,15)(H,16,17);1-14H2. The molecular formula is C25H52N2O4. The maximum Gasteiger partial charge on any atom is 0.303 e. The Balaban J connectivity index is 0. The Morgan fingerprint density at radius 3 is 0.774 bits per heavy atom. The van der Waals surface area contributed by atoms with Gasteiger partial charge in [-0.15, -0.1) is 0 Å². The molecule has 6 heteroatoms. The molecule has 31 heavy (non-hydrogen) atoms. The third kappa shape index (κ3) is 36.6. The van der Waals surface area contributed by atoms with Gasteiger partial charge in [0.1, 0.15) is 0 Å². The van der Waals surface area contributed by atoms with Crippen LogP contribution in [0.2, 0.25) is 0 Å². The fourth-order valence-corrected chi connectivity index (χ4v) is 3.49. The van der Waals surface area contributed by atoms with E-state index in [9.17, 15) is 9.59 Å². The first kappa shape index (κ1) is 32.0. The Bertz CT molecular complexity index is 345. The number of hydrogen-bond acceptors (Lipinski definition) is 4. The molecule has 0 heterocycles. The highest BCUT2D eigenvalue weighted by Gasteiger charge is 1.98. The molecule has 0 bridgehead atoms. The van der Waals surface area contributed by atoms with Gasteiger partial charge in [-0.05, 0) is 38.8 Å². The molecule has 0 aromatic carbocycles. The minimum Gasteiger partial charge on any atom is -0.481 e. The van der Waals surface area contributed by atoms with Crippen molar-refractivity contribution in [1.29, 1.82) is 0 Å². The number of carboxylic acid groups (broad SMARTS) is 2. The molecule has 0 fully saturated rings. The summed E-state index contributed by atoms with van der Waals surface area (Å²) >= 11 is 0. The highest BCUT2D eigenvalue weighted by Crippen LogP contribution is 2.11. The Hall–Kier alpha value is -1.14. The normalized spacial score (nSPS) is 10.5. The average Bonchev–Trinajstić information content (AvgIpc) is 2.73. The van der Waals surface area contributed by atoms with E-state index in [0.717, 1.165) is 51.6 Å². The van der Waals surface area contributed by atoms with Crippen LogP contribution in [-0.4, -0.2) is 35.2 Å². The molecule has 0 unspecified atom stereocenters. The first-order chi connectivity index (χ1) is 15.0. The zero-order chi connectivity index (χ0) is 23.4. The van der Waals surface area contributed by atoms with Crippen LogP contribution in [0, 0.1) is 0 Å². The predicted octanol–water partition coefficient (Wildman–Crippen LogP) is 6.25. The number of rotatable bonds is 23. The largest absolute Gasteiger partial charge is 0.481 e. The lowest BCUT2D eigenvalue weighted by molar-refractivity contribution is -0.138. The molecule has 6 N–H and O–H groups in total. The SMILES string of the molecule is NCCCCCCCCCCCCN.O=C(O)CCCCCCCCCCCC(=O)O. The summed E-state index contributed by atoms with van der Waals surface area (Å²) in [6.07, 6.45) is 23.3. The molecule has 0 aromatic heterocycles. The number of carboxylic acids is 2. The van der Waals surface area contributed by atoms with Crippen molar-refractivity contribution in [2.75, 3.05) is 13.1 Å². The van der Waals surface area contributed by atoms with Gasteiger partial charge < -0.3 is 21.7 Å². The molecule has 0 saturated heterocycles. The highest BCUT2D eigenvalue weighted by molar-refractivity contribution is 5.66. The molecule has 0 aliphatic heterocycles. The van der Waals surface area contributed by atoms with E-state index >= 15 is 0 Å². The molecule has 0 atom stereocenters. The molecule has 186 valence electrons. The van der Waals surface area contributed by atoms with E-state index in [-0.39, 0.29) is 12.8 Å². The number of hydrogen-bond donors (Lipinski definition) is 4. The Morgan fingerprint density at radius 1 is 0.387 bits per heavy atom. The van der Waals surface area contributed by atoms with Gasteiger partial charge in [0.15, 0.2) is 0 Å². The molecule has 0 aromatic rings. The van der Waals surface area contributed by atoms with Crippen molar-refractivity contribution in [2.45, 2.75) is 135 Å². The van der Waals surface area contributed by atoms with E-state index in [2.05, 4.69) is 0 Å². The molecule has 0 spiro atoms. The molecule has 0 saturated carbocycles. The van der Waals surface area contributed by atoms with Gasteiger partial charge in [0.25, 0.3) is 0 Å². The Morgan fingerprint density at radius 2 is 0.581 bits per heavy atom. The lowest BCUT2D eigenvalue weighted by atomic mass is 10.1. The van der Waals surface area contributed by atoms with Gasteiger partial charge in [-0.3, -0.25) is 9.59 Å². The van der Waals surface area contributed by atoms with E-state index in [1.54, 1.807) is 0 Å². The molecule has 0 radical (unpaired) electrons. The average molecular weight is 445 g/mol. The van der Waals surface area contributed by atoms with Crippen LogP contribution in [0.1, 0.15) is 135 Å². The Labute approximate surface area is 191 Å². The summed E-state index contributed by atoms with van der Waals surface area (Å²) in [6, 6.07) is 0. The van der Waals surface area contributed by atoms with Crippen molar-refractivity contribution in [3.8, 4) is 0 Å². The van der Waals surface area contributed by atoms with Crippen LogP contribution in [0.5, 0.6) is 0 Å². The second-order valence-corrected chi connectivity index (χ2v) is 8.58. The van der Waals surface area contributed by atoms with Crippen molar-refractivity contribution >= 4 is 11.9 Å².